The van der Waals surface area contributed by atoms with Crippen LogP contribution in [-0.2, 0) is 25.6 Å². The normalized spacial score (nSPS) is 33.3. The Hall–Kier alpha value is -3.10. The number of amides is 2. The maximum Gasteiger partial charge on any atom is 0.354 e. The van der Waals surface area contributed by atoms with Gasteiger partial charge in [0.2, 0.25) is 11.8 Å². The van der Waals surface area contributed by atoms with Gasteiger partial charge in [-0.3, -0.25) is 14.5 Å². The van der Waals surface area contributed by atoms with Gasteiger partial charge in [-0.1, -0.05) is 11.2 Å². The lowest BCUT2D eigenvalue weighted by atomic mass is 9.72. The number of aliphatic carboxylic acids is 1. The lowest BCUT2D eigenvalue weighted by Gasteiger charge is -2.29. The van der Waals surface area contributed by atoms with E-state index >= 15 is 0 Å². The van der Waals surface area contributed by atoms with Gasteiger partial charge in [-0.05, 0) is 36.5 Å². The molecule has 1 saturated heterocycles. The number of oxime groups is 1. The zero-order chi connectivity index (χ0) is 21.2. The molecule has 4 aliphatic rings. The molecule has 2 saturated carbocycles. The number of carbonyl (C=O) groups is 3. The maximum absolute atomic E-state index is 13.1. The highest BCUT2D eigenvalue weighted by molar-refractivity contribution is 6.37. The minimum Gasteiger partial charge on any atom is -0.493 e. The molecule has 5 rings (SSSR count). The van der Waals surface area contributed by atoms with Gasteiger partial charge >= 0.3 is 5.97 Å². The lowest BCUT2D eigenvalue weighted by Crippen LogP contribution is -2.42. The zero-order valence-electron chi connectivity index (χ0n) is 16.6. The van der Waals surface area contributed by atoms with E-state index in [1.165, 1.54) is 4.90 Å². The number of ether oxygens (including phenoxy) is 2. The molecule has 1 aromatic carbocycles. The predicted octanol–water partition coefficient (Wildman–Crippen LogP) is 0.953. The summed E-state index contributed by atoms with van der Waals surface area (Å²) >= 11 is 0. The summed E-state index contributed by atoms with van der Waals surface area (Å²) in [6, 6.07) is 5.51. The Morgan fingerprint density at radius 1 is 1.13 bits per heavy atom. The van der Waals surface area contributed by atoms with E-state index in [1.807, 2.05) is 12.1 Å². The van der Waals surface area contributed by atoms with Crippen LogP contribution in [0.5, 0.6) is 11.5 Å². The van der Waals surface area contributed by atoms with Crippen molar-refractivity contribution >= 4 is 23.5 Å². The molecule has 2 bridgehead atoms. The average Bonchev–Trinajstić information content (AvgIpc) is 3.47. The summed E-state index contributed by atoms with van der Waals surface area (Å²) in [7, 11) is 3.12. The summed E-state index contributed by atoms with van der Waals surface area (Å²) in [4.78, 5) is 44.4. The number of benzene rings is 1. The van der Waals surface area contributed by atoms with Gasteiger partial charge in [0.1, 0.15) is 6.10 Å². The molecule has 3 fully saturated rings. The lowest BCUT2D eigenvalue weighted by molar-refractivity contribution is -0.141. The molecule has 158 valence electrons. The molecule has 2 heterocycles. The molecule has 2 aliphatic heterocycles. The first-order valence-corrected chi connectivity index (χ1v) is 9.99. The minimum absolute atomic E-state index is 0.0185. The van der Waals surface area contributed by atoms with E-state index in [9.17, 15) is 19.5 Å². The number of methoxy groups -OCH3 is 2. The van der Waals surface area contributed by atoms with Crippen LogP contribution in [0.3, 0.4) is 0 Å². The molecule has 0 spiro atoms. The molecule has 6 atom stereocenters. The van der Waals surface area contributed by atoms with Crippen molar-refractivity contribution in [3.05, 3.63) is 23.8 Å². The van der Waals surface area contributed by atoms with Crippen molar-refractivity contribution in [2.24, 2.45) is 34.7 Å². The minimum atomic E-state index is -1.12. The van der Waals surface area contributed by atoms with Crippen LogP contribution >= 0.6 is 0 Å². The van der Waals surface area contributed by atoms with E-state index in [2.05, 4.69) is 5.16 Å². The van der Waals surface area contributed by atoms with Gasteiger partial charge in [0.05, 0.1) is 32.0 Å². The van der Waals surface area contributed by atoms with Crippen LogP contribution in [0.15, 0.2) is 23.4 Å². The second kappa shape index (κ2) is 6.72. The summed E-state index contributed by atoms with van der Waals surface area (Å²) in [5.41, 5.74) is 0.906. The highest BCUT2D eigenvalue weighted by Crippen LogP contribution is 2.61. The number of likely N-dealkylation sites (tertiary alicyclic amines) is 1. The second-order valence-electron chi connectivity index (χ2n) is 8.26. The quantitative estimate of drug-likeness (QED) is 0.689. The van der Waals surface area contributed by atoms with Crippen LogP contribution in [0.2, 0.25) is 0 Å². The van der Waals surface area contributed by atoms with Crippen LogP contribution in [-0.4, -0.2) is 60.4 Å². The molecule has 0 unspecified atom stereocenters. The first-order chi connectivity index (χ1) is 14.5. The Labute approximate surface area is 172 Å². The number of carboxylic acid groups (broad SMARTS) is 1. The van der Waals surface area contributed by atoms with Crippen molar-refractivity contribution in [1.82, 2.24) is 4.90 Å². The van der Waals surface area contributed by atoms with Crippen molar-refractivity contribution in [1.29, 1.82) is 0 Å². The first-order valence-electron chi connectivity index (χ1n) is 9.99. The number of carboxylic acids is 1. The van der Waals surface area contributed by atoms with Crippen molar-refractivity contribution < 1.29 is 33.8 Å². The van der Waals surface area contributed by atoms with Gasteiger partial charge in [-0.2, -0.15) is 0 Å². The number of fused-ring (bicyclic) bond motifs is 8. The van der Waals surface area contributed by atoms with Crippen LogP contribution in [0, 0.1) is 29.6 Å². The summed E-state index contributed by atoms with van der Waals surface area (Å²) in [5.74, 6) is -1.96. The molecular formula is C21H22N2O7. The van der Waals surface area contributed by atoms with Crippen LogP contribution in [0.25, 0.3) is 0 Å². The Balaban J connectivity index is 1.33. The smallest absolute Gasteiger partial charge is 0.354 e. The van der Waals surface area contributed by atoms with E-state index in [4.69, 9.17) is 14.3 Å². The zero-order valence-corrected chi connectivity index (χ0v) is 16.6. The van der Waals surface area contributed by atoms with Crippen molar-refractivity contribution in [3.63, 3.8) is 0 Å². The number of hydrogen-bond acceptors (Lipinski definition) is 7. The molecule has 9 nitrogen and oxygen atoms in total. The molecule has 1 aromatic rings. The Kier molecular flexibility index (Phi) is 4.23. The molecule has 2 amide bonds. The monoisotopic (exact) mass is 414 g/mol. The molecule has 2 aliphatic carbocycles. The predicted molar refractivity (Wildman–Crippen MR) is 102 cm³/mol. The van der Waals surface area contributed by atoms with Crippen molar-refractivity contribution in [3.8, 4) is 11.5 Å². The largest absolute Gasteiger partial charge is 0.493 e. The molecule has 0 radical (unpaired) electrons. The number of nitrogens with zero attached hydrogens (tertiary/aromatic N) is 2. The second-order valence-corrected chi connectivity index (χ2v) is 8.26. The highest BCUT2D eigenvalue weighted by atomic mass is 16.6. The third kappa shape index (κ3) is 2.47. The molecule has 9 heteroatoms. The number of rotatable bonds is 6. The van der Waals surface area contributed by atoms with E-state index in [0.717, 1.165) is 5.56 Å². The van der Waals surface area contributed by atoms with E-state index < -0.39 is 29.8 Å². The summed E-state index contributed by atoms with van der Waals surface area (Å²) in [6.45, 7) is 0.273. The van der Waals surface area contributed by atoms with E-state index in [1.54, 1.807) is 20.3 Å². The molecule has 30 heavy (non-hydrogen) atoms. The number of hydrogen-bond donors (Lipinski definition) is 1. The van der Waals surface area contributed by atoms with Gasteiger partial charge in [0, 0.05) is 12.5 Å². The highest BCUT2D eigenvalue weighted by Gasteiger charge is 2.70. The van der Waals surface area contributed by atoms with Crippen molar-refractivity contribution in [2.45, 2.75) is 18.9 Å². The molecule has 1 N–H and O–H groups in total. The summed E-state index contributed by atoms with van der Waals surface area (Å²) < 4.78 is 10.6. The van der Waals surface area contributed by atoms with Gasteiger partial charge in [-0.15, -0.1) is 0 Å². The Morgan fingerprint density at radius 2 is 1.83 bits per heavy atom. The van der Waals surface area contributed by atoms with Crippen LogP contribution < -0.4 is 9.47 Å². The molecular weight excluding hydrogens is 392 g/mol. The van der Waals surface area contributed by atoms with Gasteiger partial charge in [0.15, 0.2) is 17.2 Å². The summed E-state index contributed by atoms with van der Waals surface area (Å²) in [5, 5.41) is 13.1. The number of imide groups is 1. The Bertz CT molecular complexity index is 974. The third-order valence-corrected chi connectivity index (χ3v) is 7.07. The topological polar surface area (TPSA) is 115 Å². The van der Waals surface area contributed by atoms with Crippen molar-refractivity contribution in [2.75, 3.05) is 20.8 Å². The fourth-order valence-electron chi connectivity index (χ4n) is 5.86. The SMILES string of the molecule is COc1ccc(CCN2C(=O)[C@@H]3[C@@H]4C[C@H]([C@@H]5C(C(=O)O)=NO[C@@H]45)[C@@H]3C2=O)cc1OC. The first kappa shape index (κ1) is 18.9. The van der Waals surface area contributed by atoms with Gasteiger partial charge in [-0.25, -0.2) is 4.79 Å². The van der Waals surface area contributed by atoms with Gasteiger partial charge in [0.25, 0.3) is 0 Å². The standard InChI is InChI=1S/C21H22N2O7/c1-28-12-4-3-9(7-13(12)29-2)5-6-23-19(24)14-10-8-11(15(14)20(23)25)18-16(10)17(21(26)27)22-30-18/h3-4,7,10-11,14-16,18H,5-6,8H2,1-2H3,(H,26,27)/t10-,11-,14-,15+,16+,18-/m0/s1. The van der Waals surface area contributed by atoms with Crippen LogP contribution in [0.4, 0.5) is 0 Å². The average molecular weight is 414 g/mol. The van der Waals surface area contributed by atoms with Crippen LogP contribution in [0.1, 0.15) is 12.0 Å². The van der Waals surface area contributed by atoms with E-state index in [-0.39, 0.29) is 35.9 Å². The fourth-order valence-corrected chi connectivity index (χ4v) is 5.86. The summed E-state index contributed by atoms with van der Waals surface area (Å²) in [6.07, 6.45) is 0.723. The fraction of sp³-hybridized carbons (Fsp3) is 0.524. The molecule has 0 aromatic heterocycles. The maximum atomic E-state index is 13.1. The number of carbonyl (C=O) groups excluding carboxylic acids is 2. The Morgan fingerprint density at radius 3 is 2.50 bits per heavy atom. The van der Waals surface area contributed by atoms with E-state index in [0.29, 0.717) is 24.3 Å². The third-order valence-electron chi connectivity index (χ3n) is 7.07. The van der Waals surface area contributed by atoms with Gasteiger partial charge < -0.3 is 19.4 Å².